The largest absolute Gasteiger partial charge is 0.478 e. The number of carboxylic acid groups (broad SMARTS) is 1. The number of benzene rings is 3. The lowest BCUT2D eigenvalue weighted by Crippen LogP contribution is -2.05. The van der Waals surface area contributed by atoms with Gasteiger partial charge in [0.25, 0.3) is 0 Å². The minimum Gasteiger partial charge on any atom is -0.478 e. The summed E-state index contributed by atoms with van der Waals surface area (Å²) >= 11 is 1.65. The summed E-state index contributed by atoms with van der Waals surface area (Å²) in [6.45, 7) is 3.11. The Morgan fingerprint density at radius 2 is 1.79 bits per heavy atom. The molecule has 0 radical (unpaired) electrons. The van der Waals surface area contributed by atoms with E-state index >= 15 is 0 Å². The number of pyridine rings is 1. The maximum atomic E-state index is 12.3. The predicted molar refractivity (Wildman–Crippen MR) is 134 cm³/mol. The molecule has 164 valence electrons. The third-order valence-corrected chi connectivity index (χ3v) is 7.15. The van der Waals surface area contributed by atoms with Crippen LogP contribution in [-0.4, -0.2) is 22.7 Å². The zero-order valence-electron chi connectivity index (χ0n) is 18.2. The summed E-state index contributed by atoms with van der Waals surface area (Å²) in [5.74, 6) is -0.944. The van der Waals surface area contributed by atoms with E-state index in [1.54, 1.807) is 17.4 Å². The van der Waals surface area contributed by atoms with Crippen molar-refractivity contribution in [3.8, 4) is 10.6 Å². The first kappa shape index (κ1) is 21.3. The summed E-state index contributed by atoms with van der Waals surface area (Å²) in [7, 11) is 0. The van der Waals surface area contributed by atoms with Gasteiger partial charge in [0.1, 0.15) is 0 Å². The van der Waals surface area contributed by atoms with Crippen LogP contribution < -0.4 is 0 Å². The predicted octanol–water partition coefficient (Wildman–Crippen LogP) is 6.88. The quantitative estimate of drug-likeness (QED) is 0.273. The summed E-state index contributed by atoms with van der Waals surface area (Å²) in [5, 5.41) is 11.9. The fourth-order valence-corrected chi connectivity index (χ4v) is 5.39. The number of ether oxygens (including phenoxy) is 1. The van der Waals surface area contributed by atoms with Gasteiger partial charge in [-0.05, 0) is 53.6 Å². The van der Waals surface area contributed by atoms with Crippen LogP contribution in [-0.2, 0) is 17.8 Å². The van der Waals surface area contributed by atoms with Crippen LogP contribution in [0.3, 0.4) is 0 Å². The van der Waals surface area contributed by atoms with E-state index in [-0.39, 0.29) is 5.56 Å². The summed E-state index contributed by atoms with van der Waals surface area (Å²) in [4.78, 5) is 18.2. The molecule has 4 nitrogen and oxygen atoms in total. The number of aryl methyl sites for hydroxylation is 1. The molecule has 0 aliphatic carbocycles. The highest BCUT2D eigenvalue weighted by Crippen LogP contribution is 2.38. The van der Waals surface area contributed by atoms with E-state index in [4.69, 9.17) is 9.72 Å². The average molecular weight is 454 g/mol. The van der Waals surface area contributed by atoms with Crippen molar-refractivity contribution in [3.05, 3.63) is 101 Å². The van der Waals surface area contributed by atoms with E-state index in [0.29, 0.717) is 36.2 Å². The van der Waals surface area contributed by atoms with Crippen LogP contribution in [0.4, 0.5) is 0 Å². The van der Waals surface area contributed by atoms with E-state index in [0.717, 1.165) is 21.6 Å². The molecule has 0 fully saturated rings. The molecule has 0 aliphatic rings. The maximum Gasteiger partial charge on any atom is 0.336 e. The number of carbonyl (C=O) groups is 1. The number of hydrogen-bond acceptors (Lipinski definition) is 4. The van der Waals surface area contributed by atoms with Gasteiger partial charge in [0.05, 0.1) is 34.9 Å². The lowest BCUT2D eigenvalue weighted by atomic mass is 9.99. The third-order valence-electron chi connectivity index (χ3n) is 5.85. The molecule has 2 aromatic heterocycles. The summed E-state index contributed by atoms with van der Waals surface area (Å²) in [5.41, 5.74) is 4.87. The molecule has 0 unspecified atom stereocenters. The number of fused-ring (bicyclic) bond motifs is 2. The lowest BCUT2D eigenvalue weighted by Gasteiger charge is -2.12. The van der Waals surface area contributed by atoms with Gasteiger partial charge in [-0.2, -0.15) is 0 Å². The van der Waals surface area contributed by atoms with Crippen molar-refractivity contribution < 1.29 is 14.6 Å². The van der Waals surface area contributed by atoms with Crippen molar-refractivity contribution in [2.75, 3.05) is 6.61 Å². The highest BCUT2D eigenvalue weighted by atomic mass is 32.1. The van der Waals surface area contributed by atoms with Gasteiger partial charge in [-0.15, -0.1) is 11.3 Å². The van der Waals surface area contributed by atoms with Crippen molar-refractivity contribution in [2.24, 2.45) is 0 Å². The lowest BCUT2D eigenvalue weighted by molar-refractivity contribution is 0.0699. The average Bonchev–Trinajstić information content (AvgIpc) is 3.18. The topological polar surface area (TPSA) is 59.4 Å². The molecule has 0 saturated carbocycles. The van der Waals surface area contributed by atoms with Crippen LogP contribution in [0, 0.1) is 6.92 Å². The Bertz CT molecular complexity index is 1460. The molecule has 0 bridgehead atoms. The van der Waals surface area contributed by atoms with Gasteiger partial charge in [-0.25, -0.2) is 9.78 Å². The number of nitrogens with zero attached hydrogens (tertiary/aromatic N) is 1. The van der Waals surface area contributed by atoms with Gasteiger partial charge in [0.2, 0.25) is 0 Å². The van der Waals surface area contributed by atoms with Gasteiger partial charge in [-0.1, -0.05) is 60.7 Å². The Hall–Kier alpha value is -3.54. The first-order chi connectivity index (χ1) is 16.1. The van der Waals surface area contributed by atoms with Crippen LogP contribution in [0.5, 0.6) is 0 Å². The number of thiophene rings is 1. The van der Waals surface area contributed by atoms with Crippen molar-refractivity contribution in [2.45, 2.75) is 20.0 Å². The standard InChI is InChI=1S/C28H23NO3S/c1-18-21-11-5-6-13-25(21)33-27(18)24-16-22(28(30)31)26-20(10-7-12-23(26)29-24)14-15-32-17-19-8-3-2-4-9-19/h2-13,16H,14-15,17H2,1H3,(H,30,31). The van der Waals surface area contributed by atoms with Crippen molar-refractivity contribution in [1.82, 2.24) is 4.98 Å². The van der Waals surface area contributed by atoms with Crippen LogP contribution in [0.15, 0.2) is 78.9 Å². The molecular formula is C28H23NO3S. The summed E-state index contributed by atoms with van der Waals surface area (Å²) in [6.07, 6.45) is 0.618. The van der Waals surface area contributed by atoms with Gasteiger partial charge < -0.3 is 9.84 Å². The van der Waals surface area contributed by atoms with Crippen molar-refractivity contribution in [1.29, 1.82) is 0 Å². The van der Waals surface area contributed by atoms with Crippen LogP contribution in [0.2, 0.25) is 0 Å². The van der Waals surface area contributed by atoms with E-state index in [2.05, 4.69) is 19.1 Å². The van der Waals surface area contributed by atoms with Gasteiger partial charge >= 0.3 is 5.97 Å². The molecule has 0 spiro atoms. The Kier molecular flexibility index (Phi) is 5.90. The number of aromatic carboxylic acids is 1. The Morgan fingerprint density at radius 3 is 2.58 bits per heavy atom. The highest BCUT2D eigenvalue weighted by Gasteiger charge is 2.18. The first-order valence-electron chi connectivity index (χ1n) is 10.9. The van der Waals surface area contributed by atoms with E-state index in [9.17, 15) is 9.90 Å². The van der Waals surface area contributed by atoms with Crippen LogP contribution in [0.25, 0.3) is 31.6 Å². The molecule has 33 heavy (non-hydrogen) atoms. The molecule has 1 N–H and O–H groups in total. The first-order valence-corrected chi connectivity index (χ1v) is 11.7. The van der Waals surface area contributed by atoms with Gasteiger partial charge in [0.15, 0.2) is 0 Å². The number of aromatic nitrogens is 1. The Morgan fingerprint density at radius 1 is 1.00 bits per heavy atom. The minimum atomic E-state index is -0.944. The SMILES string of the molecule is Cc1c(-c2cc(C(=O)O)c3c(CCOCc4ccccc4)cccc3n2)sc2ccccc12. The molecule has 5 heteroatoms. The molecule has 3 aromatic carbocycles. The third kappa shape index (κ3) is 4.25. The normalized spacial score (nSPS) is 11.3. The van der Waals surface area contributed by atoms with Crippen molar-refractivity contribution in [3.63, 3.8) is 0 Å². The van der Waals surface area contributed by atoms with Crippen molar-refractivity contribution >= 4 is 38.3 Å². The Balaban J connectivity index is 1.49. The Labute approximate surface area is 196 Å². The smallest absolute Gasteiger partial charge is 0.336 e. The number of carboxylic acids is 1. The van der Waals surface area contributed by atoms with Crippen LogP contribution >= 0.6 is 11.3 Å². The molecule has 5 rings (SSSR count). The number of rotatable bonds is 7. The molecule has 2 heterocycles. The summed E-state index contributed by atoms with van der Waals surface area (Å²) < 4.78 is 7.02. The van der Waals surface area contributed by atoms with Gasteiger partial charge in [0, 0.05) is 10.1 Å². The second-order valence-electron chi connectivity index (χ2n) is 8.01. The fourth-order valence-electron chi connectivity index (χ4n) is 4.22. The van der Waals surface area contributed by atoms with E-state index in [1.165, 1.54) is 10.1 Å². The summed E-state index contributed by atoms with van der Waals surface area (Å²) in [6, 6.07) is 25.8. The minimum absolute atomic E-state index is 0.283. The highest BCUT2D eigenvalue weighted by molar-refractivity contribution is 7.22. The zero-order valence-corrected chi connectivity index (χ0v) is 19.1. The maximum absolute atomic E-state index is 12.3. The van der Waals surface area contributed by atoms with E-state index < -0.39 is 5.97 Å². The second kappa shape index (κ2) is 9.14. The van der Waals surface area contributed by atoms with E-state index in [1.807, 2.05) is 60.7 Å². The molecule has 5 aromatic rings. The fraction of sp³-hybridized carbons (Fsp3) is 0.143. The number of hydrogen-bond donors (Lipinski definition) is 1. The van der Waals surface area contributed by atoms with Gasteiger partial charge in [-0.3, -0.25) is 0 Å². The molecule has 0 atom stereocenters. The zero-order chi connectivity index (χ0) is 22.8. The molecular weight excluding hydrogens is 430 g/mol. The monoisotopic (exact) mass is 453 g/mol. The molecule has 0 saturated heterocycles. The van der Waals surface area contributed by atoms with Crippen LogP contribution in [0.1, 0.15) is 27.0 Å². The molecule has 0 amide bonds. The second-order valence-corrected chi connectivity index (χ2v) is 9.06. The molecule has 0 aliphatic heterocycles.